The van der Waals surface area contributed by atoms with Gasteiger partial charge < -0.3 is 10.4 Å². The number of anilines is 1. The summed E-state index contributed by atoms with van der Waals surface area (Å²) in [7, 11) is 0. The lowest BCUT2D eigenvalue weighted by atomic mass is 10.1. The van der Waals surface area contributed by atoms with E-state index in [2.05, 4.69) is 5.32 Å². The van der Waals surface area contributed by atoms with Crippen LogP contribution in [-0.2, 0) is 0 Å². The second-order valence-corrected chi connectivity index (χ2v) is 3.59. The number of aromatic hydroxyl groups is 1. The van der Waals surface area contributed by atoms with Crippen LogP contribution >= 0.6 is 0 Å². The predicted molar refractivity (Wildman–Crippen MR) is 56.9 cm³/mol. The van der Waals surface area contributed by atoms with Crippen molar-refractivity contribution in [2.75, 3.05) is 5.32 Å². The van der Waals surface area contributed by atoms with E-state index in [1.54, 1.807) is 12.1 Å². The van der Waals surface area contributed by atoms with Crippen LogP contribution in [-0.4, -0.2) is 16.9 Å². The van der Waals surface area contributed by atoms with Gasteiger partial charge in [-0.05, 0) is 39.0 Å². The molecule has 3 nitrogen and oxygen atoms in total. The van der Waals surface area contributed by atoms with Gasteiger partial charge in [0.25, 0.3) is 0 Å². The maximum Gasteiger partial charge on any atom is 0.159 e. The van der Waals surface area contributed by atoms with Gasteiger partial charge in [0.05, 0.1) is 5.69 Å². The molecule has 76 valence electrons. The normalized spacial score (nSPS) is 10.3. The second-order valence-electron chi connectivity index (χ2n) is 3.59. The SMILES string of the molecule is CC(=O)c1ccc(O)c(NC(C)C)c1. The second kappa shape index (κ2) is 4.13. The maximum absolute atomic E-state index is 11.1. The predicted octanol–water partition coefficient (Wildman–Crippen LogP) is 2.42. The van der Waals surface area contributed by atoms with E-state index in [0.717, 1.165) is 0 Å². The first-order valence-electron chi connectivity index (χ1n) is 4.61. The van der Waals surface area contributed by atoms with E-state index in [-0.39, 0.29) is 17.6 Å². The van der Waals surface area contributed by atoms with Gasteiger partial charge in [-0.3, -0.25) is 4.79 Å². The Morgan fingerprint density at radius 3 is 2.57 bits per heavy atom. The van der Waals surface area contributed by atoms with E-state index in [9.17, 15) is 9.90 Å². The van der Waals surface area contributed by atoms with Crippen molar-refractivity contribution < 1.29 is 9.90 Å². The zero-order valence-electron chi connectivity index (χ0n) is 8.66. The van der Waals surface area contributed by atoms with Gasteiger partial charge in [-0.15, -0.1) is 0 Å². The van der Waals surface area contributed by atoms with Crippen molar-refractivity contribution in [1.29, 1.82) is 0 Å². The molecule has 14 heavy (non-hydrogen) atoms. The largest absolute Gasteiger partial charge is 0.506 e. The van der Waals surface area contributed by atoms with Gasteiger partial charge >= 0.3 is 0 Å². The average Bonchev–Trinajstić information content (AvgIpc) is 2.07. The van der Waals surface area contributed by atoms with Crippen LogP contribution in [0.2, 0.25) is 0 Å². The molecule has 0 aromatic heterocycles. The highest BCUT2D eigenvalue weighted by molar-refractivity contribution is 5.95. The fourth-order valence-electron chi connectivity index (χ4n) is 1.18. The Morgan fingerprint density at radius 1 is 1.43 bits per heavy atom. The fourth-order valence-corrected chi connectivity index (χ4v) is 1.18. The Bertz CT molecular complexity index is 345. The average molecular weight is 193 g/mol. The number of nitrogens with one attached hydrogen (secondary N) is 1. The van der Waals surface area contributed by atoms with Crippen LogP contribution < -0.4 is 5.32 Å². The van der Waals surface area contributed by atoms with Crippen molar-refractivity contribution in [3.8, 4) is 5.75 Å². The lowest BCUT2D eigenvalue weighted by Crippen LogP contribution is -2.10. The summed E-state index contributed by atoms with van der Waals surface area (Å²) in [5, 5.41) is 12.6. The molecule has 0 atom stereocenters. The first kappa shape index (κ1) is 10.6. The molecule has 1 aromatic rings. The Kier molecular flexibility index (Phi) is 3.12. The summed E-state index contributed by atoms with van der Waals surface area (Å²) >= 11 is 0. The van der Waals surface area contributed by atoms with Crippen molar-refractivity contribution in [3.05, 3.63) is 23.8 Å². The number of rotatable bonds is 3. The van der Waals surface area contributed by atoms with Gasteiger partial charge in [0, 0.05) is 11.6 Å². The third kappa shape index (κ3) is 2.49. The molecule has 0 radical (unpaired) electrons. The standard InChI is InChI=1S/C11H15NO2/c1-7(2)12-10-6-9(8(3)13)4-5-11(10)14/h4-7,12,14H,1-3H3. The monoisotopic (exact) mass is 193 g/mol. The van der Waals surface area contributed by atoms with Gasteiger partial charge in [-0.1, -0.05) is 0 Å². The summed E-state index contributed by atoms with van der Waals surface area (Å²) in [6.45, 7) is 5.45. The minimum atomic E-state index is -0.00296. The Labute approximate surface area is 83.8 Å². The molecule has 0 aliphatic rings. The van der Waals surface area contributed by atoms with Crippen LogP contribution in [0.3, 0.4) is 0 Å². The molecule has 0 unspecified atom stereocenters. The Hall–Kier alpha value is -1.51. The molecule has 0 bridgehead atoms. The van der Waals surface area contributed by atoms with Gasteiger partial charge in [-0.2, -0.15) is 0 Å². The van der Waals surface area contributed by atoms with Crippen molar-refractivity contribution in [1.82, 2.24) is 0 Å². The van der Waals surface area contributed by atoms with Crippen molar-refractivity contribution in [3.63, 3.8) is 0 Å². The van der Waals surface area contributed by atoms with E-state index in [4.69, 9.17) is 0 Å². The molecule has 1 rings (SSSR count). The zero-order chi connectivity index (χ0) is 10.7. The van der Waals surface area contributed by atoms with Crippen molar-refractivity contribution in [2.24, 2.45) is 0 Å². The lowest BCUT2D eigenvalue weighted by molar-refractivity contribution is 0.101. The number of ketones is 1. The number of carbonyl (C=O) groups is 1. The summed E-state index contributed by atoms with van der Waals surface area (Å²) in [5.74, 6) is 0.167. The van der Waals surface area contributed by atoms with Crippen LogP contribution in [0.4, 0.5) is 5.69 Å². The number of carbonyl (C=O) groups excluding carboxylic acids is 1. The number of phenolic OH excluding ortho intramolecular Hbond substituents is 1. The van der Waals surface area contributed by atoms with E-state index in [1.165, 1.54) is 13.0 Å². The highest BCUT2D eigenvalue weighted by atomic mass is 16.3. The molecule has 0 fully saturated rings. The first-order chi connectivity index (χ1) is 6.50. The number of benzene rings is 1. The summed E-state index contributed by atoms with van der Waals surface area (Å²) in [6, 6.07) is 5.03. The van der Waals surface area contributed by atoms with Gasteiger partial charge in [-0.25, -0.2) is 0 Å². The molecule has 3 heteroatoms. The van der Waals surface area contributed by atoms with Gasteiger partial charge in [0.2, 0.25) is 0 Å². The number of hydrogen-bond acceptors (Lipinski definition) is 3. The van der Waals surface area contributed by atoms with E-state index in [0.29, 0.717) is 11.3 Å². The molecular weight excluding hydrogens is 178 g/mol. The summed E-state index contributed by atoms with van der Waals surface area (Å²) in [5.41, 5.74) is 1.21. The van der Waals surface area contributed by atoms with Gasteiger partial charge in [0.1, 0.15) is 5.75 Å². The molecule has 0 spiro atoms. The van der Waals surface area contributed by atoms with E-state index < -0.39 is 0 Å². The smallest absolute Gasteiger partial charge is 0.159 e. The maximum atomic E-state index is 11.1. The highest BCUT2D eigenvalue weighted by Crippen LogP contribution is 2.24. The Balaban J connectivity index is 3.02. The molecule has 0 aliphatic carbocycles. The molecule has 0 aliphatic heterocycles. The van der Waals surface area contributed by atoms with E-state index >= 15 is 0 Å². The van der Waals surface area contributed by atoms with Crippen LogP contribution in [0.1, 0.15) is 31.1 Å². The van der Waals surface area contributed by atoms with Crippen LogP contribution in [0, 0.1) is 0 Å². The molecule has 0 amide bonds. The summed E-state index contributed by atoms with van der Waals surface area (Å²) in [6.07, 6.45) is 0. The van der Waals surface area contributed by atoms with Crippen LogP contribution in [0.15, 0.2) is 18.2 Å². The van der Waals surface area contributed by atoms with Crippen molar-refractivity contribution in [2.45, 2.75) is 26.8 Å². The minimum Gasteiger partial charge on any atom is -0.506 e. The number of hydrogen-bond donors (Lipinski definition) is 2. The zero-order valence-corrected chi connectivity index (χ0v) is 8.66. The number of phenols is 1. The summed E-state index contributed by atoms with van der Waals surface area (Å²) in [4.78, 5) is 11.1. The third-order valence-electron chi connectivity index (χ3n) is 1.85. The van der Waals surface area contributed by atoms with Crippen LogP contribution in [0.5, 0.6) is 5.75 Å². The Morgan fingerprint density at radius 2 is 2.07 bits per heavy atom. The lowest BCUT2D eigenvalue weighted by Gasteiger charge is -2.12. The minimum absolute atomic E-state index is 0.00296. The highest BCUT2D eigenvalue weighted by Gasteiger charge is 2.06. The van der Waals surface area contributed by atoms with Gasteiger partial charge in [0.15, 0.2) is 5.78 Å². The topological polar surface area (TPSA) is 49.3 Å². The molecule has 0 heterocycles. The third-order valence-corrected chi connectivity index (χ3v) is 1.85. The van der Waals surface area contributed by atoms with E-state index in [1.807, 2.05) is 13.8 Å². The molecular formula is C11H15NO2. The molecule has 0 saturated heterocycles. The fraction of sp³-hybridized carbons (Fsp3) is 0.364. The van der Waals surface area contributed by atoms with Crippen LogP contribution in [0.25, 0.3) is 0 Å². The molecule has 1 aromatic carbocycles. The van der Waals surface area contributed by atoms with Crippen molar-refractivity contribution >= 4 is 11.5 Å². The number of Topliss-reactive ketones (excluding diaryl/α,β-unsaturated/α-hetero) is 1. The summed E-state index contributed by atoms with van der Waals surface area (Å²) < 4.78 is 0. The molecule has 2 N–H and O–H groups in total. The first-order valence-corrected chi connectivity index (χ1v) is 4.61. The molecule has 0 saturated carbocycles. The quantitative estimate of drug-likeness (QED) is 0.572.